The van der Waals surface area contributed by atoms with Crippen molar-refractivity contribution >= 4 is 11.6 Å². The first-order chi connectivity index (χ1) is 8.84. The molecule has 3 heteroatoms. The zero-order valence-corrected chi connectivity index (χ0v) is 11.0. The smallest absolute Gasteiger partial charge is 0.0416 e. The molecule has 0 saturated heterocycles. The maximum absolute atomic E-state index is 5.84. The molecule has 18 heavy (non-hydrogen) atoms. The fourth-order valence-corrected chi connectivity index (χ4v) is 1.90. The van der Waals surface area contributed by atoms with Crippen molar-refractivity contribution in [1.82, 2.24) is 10.3 Å². The van der Waals surface area contributed by atoms with Crippen molar-refractivity contribution in [3.05, 3.63) is 64.9 Å². The van der Waals surface area contributed by atoms with E-state index in [1.54, 1.807) is 0 Å². The minimum absolute atomic E-state index is 0.793. The van der Waals surface area contributed by atoms with Gasteiger partial charge in [0.05, 0.1) is 0 Å². The topological polar surface area (TPSA) is 24.9 Å². The summed E-state index contributed by atoms with van der Waals surface area (Å²) < 4.78 is 0. The second kappa shape index (κ2) is 7.14. The van der Waals surface area contributed by atoms with Crippen LogP contribution in [0.2, 0.25) is 5.02 Å². The van der Waals surface area contributed by atoms with Crippen LogP contribution in [0, 0.1) is 0 Å². The Kier molecular flexibility index (Phi) is 5.18. The van der Waals surface area contributed by atoms with Gasteiger partial charge in [-0.25, -0.2) is 0 Å². The highest BCUT2D eigenvalue weighted by Gasteiger charge is 1.95. The zero-order valence-electron chi connectivity index (χ0n) is 10.3. The molecule has 0 bridgehead atoms. The van der Waals surface area contributed by atoms with E-state index in [9.17, 15) is 0 Å². The van der Waals surface area contributed by atoms with Crippen molar-refractivity contribution in [3.63, 3.8) is 0 Å². The SMILES string of the molecule is Clc1ccc(CCNCCc2ccccn2)cc1. The first kappa shape index (κ1) is 13.1. The second-order valence-corrected chi connectivity index (χ2v) is 4.63. The van der Waals surface area contributed by atoms with Crippen LogP contribution in [0.3, 0.4) is 0 Å². The molecular weight excluding hydrogens is 244 g/mol. The third-order valence-corrected chi connectivity index (χ3v) is 3.04. The molecule has 0 aliphatic heterocycles. The molecule has 0 atom stereocenters. The molecule has 0 radical (unpaired) electrons. The maximum Gasteiger partial charge on any atom is 0.0416 e. The normalized spacial score (nSPS) is 10.5. The summed E-state index contributed by atoms with van der Waals surface area (Å²) in [5, 5.41) is 4.22. The Hall–Kier alpha value is -1.38. The average molecular weight is 261 g/mol. The lowest BCUT2D eigenvalue weighted by Gasteiger charge is -2.05. The standard InChI is InChI=1S/C15H17ClN2/c16-14-6-4-13(5-7-14)8-11-17-12-9-15-3-1-2-10-18-15/h1-7,10,17H,8-9,11-12H2. The van der Waals surface area contributed by atoms with Crippen molar-refractivity contribution in [2.24, 2.45) is 0 Å². The molecule has 1 aromatic heterocycles. The molecule has 1 aromatic carbocycles. The molecule has 0 saturated carbocycles. The Balaban J connectivity index is 1.63. The molecule has 0 aliphatic carbocycles. The van der Waals surface area contributed by atoms with Crippen molar-refractivity contribution in [2.45, 2.75) is 12.8 Å². The van der Waals surface area contributed by atoms with Crippen molar-refractivity contribution in [3.8, 4) is 0 Å². The zero-order chi connectivity index (χ0) is 12.6. The van der Waals surface area contributed by atoms with Crippen molar-refractivity contribution < 1.29 is 0 Å². The van der Waals surface area contributed by atoms with E-state index in [4.69, 9.17) is 11.6 Å². The van der Waals surface area contributed by atoms with Gasteiger partial charge in [0.2, 0.25) is 0 Å². The van der Waals surface area contributed by atoms with Crippen LogP contribution in [0.25, 0.3) is 0 Å². The fraction of sp³-hybridized carbons (Fsp3) is 0.267. The molecule has 2 nitrogen and oxygen atoms in total. The van der Waals surface area contributed by atoms with Crippen LogP contribution in [0.1, 0.15) is 11.3 Å². The molecular formula is C15H17ClN2. The lowest BCUT2D eigenvalue weighted by Crippen LogP contribution is -2.20. The van der Waals surface area contributed by atoms with E-state index in [1.165, 1.54) is 5.56 Å². The molecule has 1 heterocycles. The van der Waals surface area contributed by atoms with Gasteiger partial charge >= 0.3 is 0 Å². The van der Waals surface area contributed by atoms with Crippen LogP contribution in [0.5, 0.6) is 0 Å². The highest BCUT2D eigenvalue weighted by molar-refractivity contribution is 6.30. The van der Waals surface area contributed by atoms with Crippen molar-refractivity contribution in [1.29, 1.82) is 0 Å². The van der Waals surface area contributed by atoms with Gasteiger partial charge in [-0.1, -0.05) is 29.8 Å². The lowest BCUT2D eigenvalue weighted by atomic mass is 10.1. The molecule has 0 fully saturated rings. The molecule has 2 aromatic rings. The van der Waals surface area contributed by atoms with Gasteiger partial charge in [0.1, 0.15) is 0 Å². The predicted molar refractivity (Wildman–Crippen MR) is 76.0 cm³/mol. The molecule has 2 rings (SSSR count). The third-order valence-electron chi connectivity index (χ3n) is 2.79. The van der Waals surface area contributed by atoms with Gasteiger partial charge in [-0.15, -0.1) is 0 Å². The number of rotatable bonds is 6. The summed E-state index contributed by atoms with van der Waals surface area (Å²) >= 11 is 5.84. The molecule has 94 valence electrons. The number of benzene rings is 1. The number of aromatic nitrogens is 1. The highest BCUT2D eigenvalue weighted by atomic mass is 35.5. The number of halogens is 1. The third kappa shape index (κ3) is 4.47. The molecule has 0 spiro atoms. The van der Waals surface area contributed by atoms with Gasteiger partial charge < -0.3 is 5.32 Å². The van der Waals surface area contributed by atoms with E-state index in [-0.39, 0.29) is 0 Å². The summed E-state index contributed by atoms with van der Waals surface area (Å²) in [6, 6.07) is 14.0. The predicted octanol–water partition coefficient (Wildman–Crippen LogP) is 3.11. The Labute approximate surface area is 113 Å². The van der Waals surface area contributed by atoms with Gasteiger partial charge in [-0.2, -0.15) is 0 Å². The quantitative estimate of drug-likeness (QED) is 0.808. The van der Waals surface area contributed by atoms with Gasteiger partial charge in [0.25, 0.3) is 0 Å². The van der Waals surface area contributed by atoms with Gasteiger partial charge in [0.15, 0.2) is 0 Å². The van der Waals surface area contributed by atoms with Crippen LogP contribution in [0.15, 0.2) is 48.7 Å². The van der Waals surface area contributed by atoms with E-state index in [2.05, 4.69) is 28.5 Å². The minimum atomic E-state index is 0.793. The molecule has 0 unspecified atom stereocenters. The average Bonchev–Trinajstić information content (AvgIpc) is 2.42. The molecule has 0 aliphatic rings. The summed E-state index contributed by atoms with van der Waals surface area (Å²) in [6.07, 6.45) is 3.84. The van der Waals surface area contributed by atoms with E-state index in [0.29, 0.717) is 0 Å². The molecule has 1 N–H and O–H groups in total. The highest BCUT2D eigenvalue weighted by Crippen LogP contribution is 2.09. The Morgan fingerprint density at radius 2 is 1.72 bits per heavy atom. The van der Waals surface area contributed by atoms with Gasteiger partial charge in [-0.3, -0.25) is 4.98 Å². The number of nitrogens with zero attached hydrogens (tertiary/aromatic N) is 1. The van der Waals surface area contributed by atoms with Crippen LogP contribution >= 0.6 is 11.6 Å². The van der Waals surface area contributed by atoms with Crippen LogP contribution in [-0.2, 0) is 12.8 Å². The van der Waals surface area contributed by atoms with Crippen molar-refractivity contribution in [2.75, 3.05) is 13.1 Å². The number of nitrogens with one attached hydrogen (secondary N) is 1. The monoisotopic (exact) mass is 260 g/mol. The summed E-state index contributed by atoms with van der Waals surface area (Å²) in [4.78, 5) is 4.29. The van der Waals surface area contributed by atoms with Crippen LogP contribution < -0.4 is 5.32 Å². The van der Waals surface area contributed by atoms with Gasteiger partial charge in [0, 0.05) is 29.9 Å². The number of pyridine rings is 1. The summed E-state index contributed by atoms with van der Waals surface area (Å²) in [5.74, 6) is 0. The van der Waals surface area contributed by atoms with E-state index in [0.717, 1.165) is 36.6 Å². The maximum atomic E-state index is 5.84. The first-order valence-electron chi connectivity index (χ1n) is 6.20. The Morgan fingerprint density at radius 3 is 2.44 bits per heavy atom. The Bertz CT molecular complexity index is 454. The van der Waals surface area contributed by atoms with E-state index in [1.807, 2.05) is 30.5 Å². The lowest BCUT2D eigenvalue weighted by molar-refractivity contribution is 0.675. The summed E-state index contributed by atoms with van der Waals surface area (Å²) in [5.41, 5.74) is 2.45. The van der Waals surface area contributed by atoms with Crippen LogP contribution in [-0.4, -0.2) is 18.1 Å². The van der Waals surface area contributed by atoms with E-state index >= 15 is 0 Å². The largest absolute Gasteiger partial charge is 0.316 e. The minimum Gasteiger partial charge on any atom is -0.316 e. The second-order valence-electron chi connectivity index (χ2n) is 4.20. The van der Waals surface area contributed by atoms with E-state index < -0.39 is 0 Å². The first-order valence-corrected chi connectivity index (χ1v) is 6.57. The van der Waals surface area contributed by atoms with Crippen LogP contribution in [0.4, 0.5) is 0 Å². The number of hydrogen-bond acceptors (Lipinski definition) is 2. The molecule has 0 amide bonds. The summed E-state index contributed by atoms with van der Waals surface area (Å²) in [6.45, 7) is 1.94. The number of hydrogen-bond donors (Lipinski definition) is 1. The summed E-state index contributed by atoms with van der Waals surface area (Å²) in [7, 11) is 0. The Morgan fingerprint density at radius 1 is 0.944 bits per heavy atom. The van der Waals surface area contributed by atoms with Gasteiger partial charge in [-0.05, 0) is 42.8 Å². The fourth-order valence-electron chi connectivity index (χ4n) is 1.77.